The van der Waals surface area contributed by atoms with E-state index < -0.39 is 6.10 Å². The van der Waals surface area contributed by atoms with Gasteiger partial charge < -0.3 is 10.4 Å². The molecule has 1 aliphatic heterocycles. The van der Waals surface area contributed by atoms with E-state index in [1.165, 1.54) is 0 Å². The number of benzene rings is 2. The molecular weight excluding hydrogens is 258 g/mol. The summed E-state index contributed by atoms with van der Waals surface area (Å²) in [5.41, 5.74) is 1.01. The summed E-state index contributed by atoms with van der Waals surface area (Å²) in [6.07, 6.45) is 1.65. The lowest BCUT2D eigenvalue weighted by Gasteiger charge is -2.28. The maximum absolute atomic E-state index is 10.7. The van der Waals surface area contributed by atoms with E-state index in [0.29, 0.717) is 5.92 Å². The van der Waals surface area contributed by atoms with Gasteiger partial charge in [-0.3, -0.25) is 0 Å². The SMILES string of the molecule is OC(c1ccc(Cl)c2ccccc12)C1CCNCC1. The second-order valence-corrected chi connectivity index (χ2v) is 5.62. The van der Waals surface area contributed by atoms with Gasteiger partial charge in [0.15, 0.2) is 0 Å². The average Bonchev–Trinajstić information content (AvgIpc) is 2.48. The van der Waals surface area contributed by atoms with E-state index in [2.05, 4.69) is 5.32 Å². The van der Waals surface area contributed by atoms with Gasteiger partial charge in [0.25, 0.3) is 0 Å². The summed E-state index contributed by atoms with van der Waals surface area (Å²) in [7, 11) is 0. The predicted octanol–water partition coefficient (Wildman–Crippen LogP) is 3.53. The predicted molar refractivity (Wildman–Crippen MR) is 79.5 cm³/mol. The maximum Gasteiger partial charge on any atom is 0.0825 e. The van der Waals surface area contributed by atoms with Crippen molar-refractivity contribution >= 4 is 22.4 Å². The highest BCUT2D eigenvalue weighted by Crippen LogP contribution is 2.35. The van der Waals surface area contributed by atoms with Gasteiger partial charge >= 0.3 is 0 Å². The van der Waals surface area contributed by atoms with Crippen molar-refractivity contribution in [1.82, 2.24) is 5.32 Å². The van der Waals surface area contributed by atoms with Crippen LogP contribution in [0.5, 0.6) is 0 Å². The molecule has 1 unspecified atom stereocenters. The monoisotopic (exact) mass is 275 g/mol. The molecule has 1 aliphatic rings. The van der Waals surface area contributed by atoms with Crippen molar-refractivity contribution in [2.45, 2.75) is 18.9 Å². The normalized spacial score (nSPS) is 18.6. The van der Waals surface area contributed by atoms with E-state index in [1.54, 1.807) is 0 Å². The van der Waals surface area contributed by atoms with Crippen LogP contribution in [-0.4, -0.2) is 18.2 Å². The number of fused-ring (bicyclic) bond motifs is 1. The highest BCUT2D eigenvalue weighted by Gasteiger charge is 2.24. The largest absolute Gasteiger partial charge is 0.388 e. The van der Waals surface area contributed by atoms with E-state index in [9.17, 15) is 5.11 Å². The van der Waals surface area contributed by atoms with Gasteiger partial charge in [-0.15, -0.1) is 0 Å². The number of halogens is 1. The first-order valence-corrected chi connectivity index (χ1v) is 7.21. The van der Waals surface area contributed by atoms with Gasteiger partial charge in [-0.25, -0.2) is 0 Å². The molecule has 1 atom stereocenters. The van der Waals surface area contributed by atoms with E-state index >= 15 is 0 Å². The van der Waals surface area contributed by atoms with Gasteiger partial charge in [-0.2, -0.15) is 0 Å². The zero-order chi connectivity index (χ0) is 13.2. The summed E-state index contributed by atoms with van der Waals surface area (Å²) in [5, 5.41) is 16.8. The summed E-state index contributed by atoms with van der Waals surface area (Å²) in [6.45, 7) is 1.99. The fraction of sp³-hybridized carbons (Fsp3) is 0.375. The Labute approximate surface area is 118 Å². The van der Waals surface area contributed by atoms with Crippen LogP contribution in [0.4, 0.5) is 0 Å². The van der Waals surface area contributed by atoms with Crippen molar-refractivity contribution in [3.63, 3.8) is 0 Å². The molecule has 2 aromatic rings. The Kier molecular flexibility index (Phi) is 3.74. The second kappa shape index (κ2) is 5.49. The lowest BCUT2D eigenvalue weighted by Crippen LogP contribution is -2.30. The topological polar surface area (TPSA) is 32.3 Å². The van der Waals surface area contributed by atoms with Crippen LogP contribution in [-0.2, 0) is 0 Å². The fourth-order valence-corrected chi connectivity index (χ4v) is 3.19. The summed E-state index contributed by atoms with van der Waals surface area (Å²) in [4.78, 5) is 0. The van der Waals surface area contributed by atoms with Gasteiger partial charge in [0, 0.05) is 10.4 Å². The standard InChI is InChI=1S/C16H18ClNO/c17-15-6-5-14(12-3-1-2-4-13(12)15)16(19)11-7-9-18-10-8-11/h1-6,11,16,18-19H,7-10H2. The molecule has 2 aromatic carbocycles. The molecule has 0 radical (unpaired) electrons. The number of aliphatic hydroxyl groups excluding tert-OH is 1. The molecule has 3 rings (SSSR count). The average molecular weight is 276 g/mol. The number of piperidine rings is 1. The molecule has 0 aromatic heterocycles. The van der Waals surface area contributed by atoms with Gasteiger partial charge in [0.2, 0.25) is 0 Å². The lowest BCUT2D eigenvalue weighted by molar-refractivity contribution is 0.0902. The van der Waals surface area contributed by atoms with Gasteiger partial charge in [-0.1, -0.05) is 41.9 Å². The van der Waals surface area contributed by atoms with Crippen molar-refractivity contribution in [2.75, 3.05) is 13.1 Å². The zero-order valence-corrected chi connectivity index (χ0v) is 11.5. The zero-order valence-electron chi connectivity index (χ0n) is 10.8. The maximum atomic E-state index is 10.7. The Morgan fingerprint density at radius 1 is 1.05 bits per heavy atom. The third-order valence-electron chi connectivity index (χ3n) is 4.05. The minimum Gasteiger partial charge on any atom is -0.388 e. The highest BCUT2D eigenvalue weighted by molar-refractivity contribution is 6.35. The molecule has 1 heterocycles. The highest BCUT2D eigenvalue weighted by atomic mass is 35.5. The van der Waals surface area contributed by atoms with Crippen molar-refractivity contribution in [1.29, 1.82) is 0 Å². The fourth-order valence-electron chi connectivity index (χ4n) is 2.96. The lowest BCUT2D eigenvalue weighted by atomic mass is 9.86. The van der Waals surface area contributed by atoms with Crippen molar-refractivity contribution in [3.8, 4) is 0 Å². The third kappa shape index (κ3) is 2.48. The first-order chi connectivity index (χ1) is 9.27. The van der Waals surface area contributed by atoms with Crippen LogP contribution in [0.15, 0.2) is 36.4 Å². The van der Waals surface area contributed by atoms with Crippen LogP contribution in [0.3, 0.4) is 0 Å². The summed E-state index contributed by atoms with van der Waals surface area (Å²) in [6, 6.07) is 11.9. The minimum atomic E-state index is -0.399. The van der Waals surface area contributed by atoms with Crippen LogP contribution >= 0.6 is 11.6 Å². The number of aliphatic hydroxyl groups is 1. The second-order valence-electron chi connectivity index (χ2n) is 5.21. The van der Waals surface area contributed by atoms with E-state index in [1.807, 2.05) is 36.4 Å². The minimum absolute atomic E-state index is 0.339. The number of rotatable bonds is 2. The molecule has 0 saturated carbocycles. The first-order valence-electron chi connectivity index (χ1n) is 6.83. The number of hydrogen-bond acceptors (Lipinski definition) is 2. The number of hydrogen-bond donors (Lipinski definition) is 2. The smallest absolute Gasteiger partial charge is 0.0825 e. The summed E-state index contributed by atoms with van der Waals surface area (Å²) >= 11 is 6.23. The Morgan fingerprint density at radius 2 is 1.74 bits per heavy atom. The quantitative estimate of drug-likeness (QED) is 0.879. The van der Waals surface area contributed by atoms with E-state index in [-0.39, 0.29) is 0 Å². The van der Waals surface area contributed by atoms with Crippen molar-refractivity contribution in [3.05, 3.63) is 47.0 Å². The molecule has 19 heavy (non-hydrogen) atoms. The van der Waals surface area contributed by atoms with Crippen molar-refractivity contribution < 1.29 is 5.11 Å². The third-order valence-corrected chi connectivity index (χ3v) is 4.38. The Morgan fingerprint density at radius 3 is 2.47 bits per heavy atom. The molecule has 0 spiro atoms. The molecule has 100 valence electrons. The first kappa shape index (κ1) is 12.9. The van der Waals surface area contributed by atoms with E-state index in [4.69, 9.17) is 11.6 Å². The molecule has 0 aliphatic carbocycles. The van der Waals surface area contributed by atoms with Crippen LogP contribution in [0.2, 0.25) is 5.02 Å². The summed E-state index contributed by atoms with van der Waals surface area (Å²) in [5.74, 6) is 0.339. The molecule has 0 amide bonds. The van der Waals surface area contributed by atoms with Crippen LogP contribution in [0.25, 0.3) is 10.8 Å². The Balaban J connectivity index is 2.02. The van der Waals surface area contributed by atoms with E-state index in [0.717, 1.165) is 47.3 Å². The molecule has 3 heteroatoms. The molecule has 0 bridgehead atoms. The van der Waals surface area contributed by atoms with Gasteiger partial charge in [0.05, 0.1) is 6.10 Å². The van der Waals surface area contributed by atoms with Crippen LogP contribution in [0.1, 0.15) is 24.5 Å². The molecule has 1 saturated heterocycles. The Hall–Kier alpha value is -1.09. The van der Waals surface area contributed by atoms with Gasteiger partial charge in [-0.05, 0) is 48.9 Å². The molecule has 2 nitrogen and oxygen atoms in total. The van der Waals surface area contributed by atoms with Gasteiger partial charge in [0.1, 0.15) is 0 Å². The molecular formula is C16H18ClNO. The summed E-state index contributed by atoms with van der Waals surface area (Å²) < 4.78 is 0. The molecule has 2 N–H and O–H groups in total. The Bertz CT molecular complexity index is 578. The van der Waals surface area contributed by atoms with Crippen LogP contribution in [0, 0.1) is 5.92 Å². The van der Waals surface area contributed by atoms with Crippen molar-refractivity contribution in [2.24, 2.45) is 5.92 Å². The van der Waals surface area contributed by atoms with Crippen LogP contribution < -0.4 is 5.32 Å². The molecule has 1 fully saturated rings. The number of nitrogens with one attached hydrogen (secondary N) is 1.